The normalized spacial score (nSPS) is 13.3. The largest absolute Gasteiger partial charge is 0.352 e. The van der Waals surface area contributed by atoms with Gasteiger partial charge in [-0.2, -0.15) is 4.31 Å². The molecule has 136 valence electrons. The van der Waals surface area contributed by atoms with Crippen LogP contribution < -0.4 is 10.9 Å². The quantitative estimate of drug-likeness (QED) is 0.753. The van der Waals surface area contributed by atoms with Crippen LogP contribution in [0.3, 0.4) is 0 Å². The SMILES string of the molecule is CCN(CC)S(=O)(=O)c1ccc(=O)n(CC(=O)NC(C)C(C)C)c1. The number of pyridine rings is 1. The zero-order valence-corrected chi connectivity index (χ0v) is 15.8. The van der Waals surface area contributed by atoms with Gasteiger partial charge in [0, 0.05) is 31.4 Å². The zero-order chi connectivity index (χ0) is 18.5. The van der Waals surface area contributed by atoms with Crippen molar-refractivity contribution in [1.29, 1.82) is 0 Å². The Morgan fingerprint density at radius 1 is 1.21 bits per heavy atom. The van der Waals surface area contributed by atoms with E-state index in [1.165, 1.54) is 22.6 Å². The molecule has 1 aromatic heterocycles. The van der Waals surface area contributed by atoms with Gasteiger partial charge in [-0.3, -0.25) is 9.59 Å². The summed E-state index contributed by atoms with van der Waals surface area (Å²) in [5.74, 6) is -0.0595. The van der Waals surface area contributed by atoms with Gasteiger partial charge >= 0.3 is 0 Å². The molecule has 0 bridgehead atoms. The van der Waals surface area contributed by atoms with Crippen LogP contribution in [-0.4, -0.2) is 42.3 Å². The first kappa shape index (κ1) is 20.4. The lowest BCUT2D eigenvalue weighted by molar-refractivity contribution is -0.122. The van der Waals surface area contributed by atoms with Gasteiger partial charge < -0.3 is 9.88 Å². The number of nitrogens with zero attached hydrogens (tertiary/aromatic N) is 2. The highest BCUT2D eigenvalue weighted by Gasteiger charge is 2.22. The fraction of sp³-hybridized carbons (Fsp3) is 0.625. The highest BCUT2D eigenvalue weighted by Crippen LogP contribution is 2.13. The molecule has 1 N–H and O–H groups in total. The van der Waals surface area contributed by atoms with Crippen molar-refractivity contribution < 1.29 is 13.2 Å². The lowest BCUT2D eigenvalue weighted by Gasteiger charge is -2.20. The average Bonchev–Trinajstić information content (AvgIpc) is 2.49. The predicted octanol–water partition coefficient (Wildman–Crippen LogP) is 1.04. The lowest BCUT2D eigenvalue weighted by Crippen LogP contribution is -2.40. The van der Waals surface area contributed by atoms with E-state index in [4.69, 9.17) is 0 Å². The van der Waals surface area contributed by atoms with Gasteiger partial charge in [0.25, 0.3) is 5.56 Å². The van der Waals surface area contributed by atoms with Gasteiger partial charge in [-0.15, -0.1) is 0 Å². The highest BCUT2D eigenvalue weighted by atomic mass is 32.2. The smallest absolute Gasteiger partial charge is 0.251 e. The summed E-state index contributed by atoms with van der Waals surface area (Å²) in [5.41, 5.74) is -0.416. The lowest BCUT2D eigenvalue weighted by atomic mass is 10.1. The summed E-state index contributed by atoms with van der Waals surface area (Å²) in [6, 6.07) is 2.42. The molecule has 8 heteroatoms. The molecule has 0 saturated carbocycles. The van der Waals surface area contributed by atoms with Crippen molar-refractivity contribution in [1.82, 2.24) is 14.2 Å². The molecule has 0 fully saturated rings. The molecule has 24 heavy (non-hydrogen) atoms. The highest BCUT2D eigenvalue weighted by molar-refractivity contribution is 7.89. The Labute approximate surface area is 143 Å². The summed E-state index contributed by atoms with van der Waals surface area (Å²) in [5, 5.41) is 2.80. The Morgan fingerprint density at radius 2 is 1.79 bits per heavy atom. The standard InChI is InChI=1S/C16H27N3O4S/c1-6-19(7-2)24(22,23)14-8-9-16(21)18(10-14)11-15(20)17-13(5)12(3)4/h8-10,12-13H,6-7,11H2,1-5H3,(H,17,20). The summed E-state index contributed by atoms with van der Waals surface area (Å²) < 4.78 is 27.5. The van der Waals surface area contributed by atoms with E-state index in [1.807, 2.05) is 20.8 Å². The number of carbonyl (C=O) groups excluding carboxylic acids is 1. The molecule has 0 saturated heterocycles. The second-order valence-corrected chi connectivity index (χ2v) is 7.96. The van der Waals surface area contributed by atoms with Crippen LogP contribution in [0, 0.1) is 5.92 Å². The molecule has 1 amide bonds. The van der Waals surface area contributed by atoms with Crippen LogP contribution in [0.25, 0.3) is 0 Å². The first-order chi connectivity index (χ1) is 11.1. The summed E-state index contributed by atoms with van der Waals surface area (Å²) in [7, 11) is -3.67. The monoisotopic (exact) mass is 357 g/mol. The zero-order valence-electron chi connectivity index (χ0n) is 14.9. The van der Waals surface area contributed by atoms with E-state index in [-0.39, 0.29) is 29.3 Å². The predicted molar refractivity (Wildman–Crippen MR) is 93.3 cm³/mol. The summed E-state index contributed by atoms with van der Waals surface area (Å²) >= 11 is 0. The molecular formula is C16H27N3O4S. The topological polar surface area (TPSA) is 88.5 Å². The number of amides is 1. The Kier molecular flexibility index (Phi) is 7.16. The minimum atomic E-state index is -3.67. The van der Waals surface area contributed by atoms with E-state index in [1.54, 1.807) is 13.8 Å². The number of hydrogen-bond donors (Lipinski definition) is 1. The number of sulfonamides is 1. The van der Waals surface area contributed by atoms with E-state index >= 15 is 0 Å². The maximum absolute atomic E-state index is 12.5. The van der Waals surface area contributed by atoms with E-state index < -0.39 is 15.6 Å². The van der Waals surface area contributed by atoms with Gasteiger partial charge in [0.1, 0.15) is 6.54 Å². The van der Waals surface area contributed by atoms with E-state index in [9.17, 15) is 18.0 Å². The molecule has 0 spiro atoms. The van der Waals surface area contributed by atoms with Crippen LogP contribution in [0.15, 0.2) is 28.0 Å². The molecule has 7 nitrogen and oxygen atoms in total. The molecule has 1 heterocycles. The number of hydrogen-bond acceptors (Lipinski definition) is 4. The Morgan fingerprint density at radius 3 is 2.29 bits per heavy atom. The molecule has 1 unspecified atom stereocenters. The second-order valence-electron chi connectivity index (χ2n) is 6.02. The number of aromatic nitrogens is 1. The van der Waals surface area contributed by atoms with E-state index in [2.05, 4.69) is 5.32 Å². The molecule has 1 atom stereocenters. The number of nitrogens with one attached hydrogen (secondary N) is 1. The third-order valence-electron chi connectivity index (χ3n) is 4.00. The Balaban J connectivity index is 3.07. The molecule has 0 aliphatic heterocycles. The number of carbonyl (C=O) groups is 1. The molecule has 1 aromatic rings. The third-order valence-corrected chi connectivity index (χ3v) is 6.04. The van der Waals surface area contributed by atoms with Crippen molar-refractivity contribution in [3.05, 3.63) is 28.7 Å². The number of rotatable bonds is 8. The van der Waals surface area contributed by atoms with Crippen LogP contribution in [0.2, 0.25) is 0 Å². The van der Waals surface area contributed by atoms with Crippen molar-refractivity contribution in [3.63, 3.8) is 0 Å². The fourth-order valence-corrected chi connectivity index (χ4v) is 3.60. The maximum Gasteiger partial charge on any atom is 0.251 e. The van der Waals surface area contributed by atoms with E-state index in [0.29, 0.717) is 13.1 Å². The Bertz CT molecular complexity index is 721. The van der Waals surface area contributed by atoms with Crippen LogP contribution in [0.1, 0.15) is 34.6 Å². The summed E-state index contributed by atoms with van der Waals surface area (Å²) in [4.78, 5) is 24.0. The van der Waals surface area contributed by atoms with Crippen molar-refractivity contribution in [3.8, 4) is 0 Å². The second kappa shape index (κ2) is 8.43. The van der Waals surface area contributed by atoms with Gasteiger partial charge in [0.15, 0.2) is 0 Å². The van der Waals surface area contributed by atoms with Crippen molar-refractivity contribution in [2.45, 2.75) is 52.1 Å². The molecule has 0 aliphatic rings. The molecule has 0 radical (unpaired) electrons. The van der Waals surface area contributed by atoms with Crippen molar-refractivity contribution in [2.75, 3.05) is 13.1 Å². The minimum Gasteiger partial charge on any atom is -0.352 e. The van der Waals surface area contributed by atoms with E-state index in [0.717, 1.165) is 4.57 Å². The van der Waals surface area contributed by atoms with Gasteiger partial charge in [0.2, 0.25) is 15.9 Å². The first-order valence-corrected chi connectivity index (χ1v) is 9.57. The Hall–Kier alpha value is -1.67. The molecule has 1 rings (SSSR count). The van der Waals surface area contributed by atoms with Crippen molar-refractivity contribution >= 4 is 15.9 Å². The minimum absolute atomic E-state index is 0.00973. The van der Waals surface area contributed by atoms with Crippen LogP contribution in [0.5, 0.6) is 0 Å². The molecule has 0 aliphatic carbocycles. The fourth-order valence-electron chi connectivity index (χ4n) is 2.12. The van der Waals surface area contributed by atoms with Crippen LogP contribution in [-0.2, 0) is 21.4 Å². The molecule has 0 aromatic carbocycles. The van der Waals surface area contributed by atoms with Gasteiger partial charge in [-0.1, -0.05) is 27.7 Å². The summed E-state index contributed by atoms with van der Waals surface area (Å²) in [6.45, 7) is 9.80. The van der Waals surface area contributed by atoms with Crippen LogP contribution in [0.4, 0.5) is 0 Å². The summed E-state index contributed by atoms with van der Waals surface area (Å²) in [6.07, 6.45) is 1.23. The average molecular weight is 357 g/mol. The van der Waals surface area contributed by atoms with Crippen molar-refractivity contribution in [2.24, 2.45) is 5.92 Å². The van der Waals surface area contributed by atoms with Gasteiger partial charge in [-0.25, -0.2) is 8.42 Å². The van der Waals surface area contributed by atoms with Crippen LogP contribution >= 0.6 is 0 Å². The van der Waals surface area contributed by atoms with Gasteiger partial charge in [0.05, 0.1) is 4.90 Å². The first-order valence-electron chi connectivity index (χ1n) is 8.13. The van der Waals surface area contributed by atoms with Gasteiger partial charge in [-0.05, 0) is 18.9 Å². The maximum atomic E-state index is 12.5. The molecular weight excluding hydrogens is 330 g/mol. The third kappa shape index (κ3) is 4.91.